The van der Waals surface area contributed by atoms with E-state index < -0.39 is 5.91 Å². The van der Waals surface area contributed by atoms with E-state index >= 15 is 0 Å². The third-order valence-corrected chi connectivity index (χ3v) is 2.77. The minimum atomic E-state index is -0.446. The second-order valence-electron chi connectivity index (χ2n) is 2.72. The van der Waals surface area contributed by atoms with Crippen molar-refractivity contribution in [2.45, 2.75) is 6.42 Å². The minimum absolute atomic E-state index is 0.377. The highest BCUT2D eigenvalue weighted by Crippen LogP contribution is 2.24. The molecule has 1 aromatic rings. The molecule has 0 atom stereocenters. The third-order valence-electron chi connectivity index (χ3n) is 1.87. The number of primary amides is 1. The van der Waals surface area contributed by atoms with Gasteiger partial charge in [0.25, 0.3) is 5.91 Å². The summed E-state index contributed by atoms with van der Waals surface area (Å²) >= 11 is 1.48. The summed E-state index contributed by atoms with van der Waals surface area (Å²) in [5.74, 6) is -0.446. The van der Waals surface area contributed by atoms with Crippen LogP contribution in [0.5, 0.6) is 0 Å². The van der Waals surface area contributed by atoms with Crippen molar-refractivity contribution in [3.05, 3.63) is 11.1 Å². The summed E-state index contributed by atoms with van der Waals surface area (Å²) < 4.78 is 0. The SMILES string of the molecule is NC(=O)c1csc(N2CCC2)n1. The molecular formula is C7H9N3OS. The molecule has 2 heterocycles. The average molecular weight is 183 g/mol. The van der Waals surface area contributed by atoms with E-state index in [1.807, 2.05) is 0 Å². The van der Waals surface area contributed by atoms with Gasteiger partial charge in [0.15, 0.2) is 5.13 Å². The van der Waals surface area contributed by atoms with E-state index in [1.165, 1.54) is 17.8 Å². The number of rotatable bonds is 2. The predicted octanol–water partition coefficient (Wildman–Crippen LogP) is 0.452. The molecule has 1 aromatic heterocycles. The second-order valence-corrected chi connectivity index (χ2v) is 3.56. The van der Waals surface area contributed by atoms with Crippen molar-refractivity contribution in [2.24, 2.45) is 5.73 Å². The van der Waals surface area contributed by atoms with E-state index in [4.69, 9.17) is 5.73 Å². The van der Waals surface area contributed by atoms with Crippen LogP contribution in [0, 0.1) is 0 Å². The second kappa shape index (κ2) is 2.75. The van der Waals surface area contributed by atoms with Gasteiger partial charge in [0, 0.05) is 18.5 Å². The van der Waals surface area contributed by atoms with Gasteiger partial charge in [0.1, 0.15) is 5.69 Å². The van der Waals surface area contributed by atoms with Crippen molar-refractivity contribution in [2.75, 3.05) is 18.0 Å². The maximum atomic E-state index is 10.7. The Morgan fingerprint density at radius 3 is 2.83 bits per heavy atom. The van der Waals surface area contributed by atoms with Gasteiger partial charge >= 0.3 is 0 Å². The van der Waals surface area contributed by atoms with Gasteiger partial charge < -0.3 is 10.6 Å². The van der Waals surface area contributed by atoms with Gasteiger partial charge in [-0.25, -0.2) is 4.98 Å². The van der Waals surface area contributed by atoms with Crippen LogP contribution in [0.3, 0.4) is 0 Å². The number of aromatic nitrogens is 1. The quantitative estimate of drug-likeness (QED) is 0.724. The summed E-state index contributed by atoms with van der Waals surface area (Å²) in [6.07, 6.45) is 1.21. The Morgan fingerprint density at radius 2 is 2.42 bits per heavy atom. The first-order valence-electron chi connectivity index (χ1n) is 3.77. The number of hydrogen-bond donors (Lipinski definition) is 1. The molecule has 4 nitrogen and oxygen atoms in total. The van der Waals surface area contributed by atoms with Crippen molar-refractivity contribution < 1.29 is 4.79 Å². The number of nitrogens with two attached hydrogens (primary N) is 1. The molecule has 0 aliphatic carbocycles. The Labute approximate surface area is 74.0 Å². The fraction of sp³-hybridized carbons (Fsp3) is 0.429. The first kappa shape index (κ1) is 7.54. The van der Waals surface area contributed by atoms with Crippen LogP contribution in [-0.4, -0.2) is 24.0 Å². The van der Waals surface area contributed by atoms with E-state index in [0.717, 1.165) is 18.2 Å². The number of hydrogen-bond acceptors (Lipinski definition) is 4. The lowest BCUT2D eigenvalue weighted by molar-refractivity contribution is 0.0996. The molecule has 2 N–H and O–H groups in total. The lowest BCUT2D eigenvalue weighted by Gasteiger charge is -2.30. The fourth-order valence-electron chi connectivity index (χ4n) is 1.03. The summed E-state index contributed by atoms with van der Waals surface area (Å²) in [7, 11) is 0. The van der Waals surface area contributed by atoms with E-state index in [-0.39, 0.29) is 0 Å². The van der Waals surface area contributed by atoms with E-state index in [0.29, 0.717) is 5.69 Å². The molecule has 0 unspecified atom stereocenters. The maximum absolute atomic E-state index is 10.7. The van der Waals surface area contributed by atoms with Crippen LogP contribution < -0.4 is 10.6 Å². The molecule has 2 rings (SSSR count). The van der Waals surface area contributed by atoms with Gasteiger partial charge in [-0.05, 0) is 6.42 Å². The normalized spacial score (nSPS) is 15.8. The topological polar surface area (TPSA) is 59.2 Å². The molecule has 0 bridgehead atoms. The first-order valence-corrected chi connectivity index (χ1v) is 4.65. The van der Waals surface area contributed by atoms with Crippen molar-refractivity contribution >= 4 is 22.4 Å². The number of anilines is 1. The van der Waals surface area contributed by atoms with E-state index in [2.05, 4.69) is 9.88 Å². The van der Waals surface area contributed by atoms with E-state index in [9.17, 15) is 4.79 Å². The Hall–Kier alpha value is -1.10. The molecule has 64 valence electrons. The zero-order valence-electron chi connectivity index (χ0n) is 6.49. The van der Waals surface area contributed by atoms with Crippen molar-refractivity contribution in [1.82, 2.24) is 4.98 Å². The summed E-state index contributed by atoms with van der Waals surface area (Å²) in [6, 6.07) is 0. The first-order chi connectivity index (χ1) is 5.77. The van der Waals surface area contributed by atoms with Gasteiger partial charge in [-0.3, -0.25) is 4.79 Å². The highest BCUT2D eigenvalue weighted by molar-refractivity contribution is 7.13. The molecule has 0 aromatic carbocycles. The summed E-state index contributed by atoms with van der Waals surface area (Å²) in [6.45, 7) is 2.09. The van der Waals surface area contributed by atoms with Crippen LogP contribution in [0.25, 0.3) is 0 Å². The Balaban J connectivity index is 2.17. The monoisotopic (exact) mass is 183 g/mol. The number of nitrogens with zero attached hydrogens (tertiary/aromatic N) is 2. The van der Waals surface area contributed by atoms with Gasteiger partial charge in [0.05, 0.1) is 0 Å². The lowest BCUT2D eigenvalue weighted by atomic mass is 10.2. The average Bonchev–Trinajstić information content (AvgIpc) is 2.32. The minimum Gasteiger partial charge on any atom is -0.364 e. The third kappa shape index (κ3) is 1.16. The summed E-state index contributed by atoms with van der Waals surface area (Å²) in [5, 5.41) is 2.62. The van der Waals surface area contributed by atoms with Crippen LogP contribution >= 0.6 is 11.3 Å². The van der Waals surface area contributed by atoms with E-state index in [1.54, 1.807) is 5.38 Å². The Bertz CT molecular complexity index is 305. The number of carbonyl (C=O) groups is 1. The van der Waals surface area contributed by atoms with Crippen LogP contribution in [-0.2, 0) is 0 Å². The molecule has 0 radical (unpaired) electrons. The summed E-state index contributed by atoms with van der Waals surface area (Å²) in [5.41, 5.74) is 5.45. The number of carbonyl (C=O) groups excluding carboxylic acids is 1. The molecule has 1 saturated heterocycles. The standard InChI is InChI=1S/C7H9N3OS/c8-6(11)5-4-12-7(9-5)10-2-1-3-10/h4H,1-3H2,(H2,8,11). The smallest absolute Gasteiger partial charge is 0.268 e. The Morgan fingerprint density at radius 1 is 1.67 bits per heavy atom. The molecule has 0 spiro atoms. The highest BCUT2D eigenvalue weighted by Gasteiger charge is 2.18. The van der Waals surface area contributed by atoms with Crippen LogP contribution in [0.15, 0.2) is 5.38 Å². The zero-order chi connectivity index (χ0) is 8.55. The number of amides is 1. The fourth-order valence-corrected chi connectivity index (χ4v) is 1.90. The molecule has 5 heteroatoms. The van der Waals surface area contributed by atoms with Crippen LogP contribution in [0.4, 0.5) is 5.13 Å². The van der Waals surface area contributed by atoms with Gasteiger partial charge in [-0.2, -0.15) is 0 Å². The van der Waals surface area contributed by atoms with Crippen LogP contribution in [0.1, 0.15) is 16.9 Å². The zero-order valence-corrected chi connectivity index (χ0v) is 7.30. The lowest BCUT2D eigenvalue weighted by Crippen LogP contribution is -2.36. The van der Waals surface area contributed by atoms with Gasteiger partial charge in [-0.15, -0.1) is 11.3 Å². The van der Waals surface area contributed by atoms with Crippen molar-refractivity contribution in [3.8, 4) is 0 Å². The van der Waals surface area contributed by atoms with Gasteiger partial charge in [0.2, 0.25) is 0 Å². The molecule has 1 amide bonds. The summed E-state index contributed by atoms with van der Waals surface area (Å²) in [4.78, 5) is 16.9. The molecule has 1 aliphatic rings. The van der Waals surface area contributed by atoms with Gasteiger partial charge in [-0.1, -0.05) is 0 Å². The highest BCUT2D eigenvalue weighted by atomic mass is 32.1. The molecule has 12 heavy (non-hydrogen) atoms. The molecule has 1 aliphatic heterocycles. The Kier molecular flexibility index (Phi) is 1.73. The molecule has 0 saturated carbocycles. The van der Waals surface area contributed by atoms with Crippen molar-refractivity contribution in [3.63, 3.8) is 0 Å². The van der Waals surface area contributed by atoms with Crippen molar-refractivity contribution in [1.29, 1.82) is 0 Å². The largest absolute Gasteiger partial charge is 0.364 e. The predicted molar refractivity (Wildman–Crippen MR) is 47.5 cm³/mol. The van der Waals surface area contributed by atoms with Crippen LogP contribution in [0.2, 0.25) is 0 Å². The molecular weight excluding hydrogens is 174 g/mol. The molecule has 1 fully saturated rings. The number of thiazole rings is 1. The maximum Gasteiger partial charge on any atom is 0.268 e.